The smallest absolute Gasteiger partial charge is 0.0992 e. The summed E-state index contributed by atoms with van der Waals surface area (Å²) in [7, 11) is 1.92. The van der Waals surface area contributed by atoms with Gasteiger partial charge in [0.15, 0.2) is 0 Å². The van der Waals surface area contributed by atoms with Crippen LogP contribution >= 0.6 is 0 Å². The summed E-state index contributed by atoms with van der Waals surface area (Å²) in [6.45, 7) is 2.77. The van der Waals surface area contributed by atoms with E-state index in [1.165, 1.54) is 5.56 Å². The van der Waals surface area contributed by atoms with Gasteiger partial charge in [-0.2, -0.15) is 10.4 Å². The molecule has 1 aliphatic rings. The van der Waals surface area contributed by atoms with E-state index in [0.29, 0.717) is 5.56 Å². The Labute approximate surface area is 174 Å². The minimum Gasteiger partial charge on any atom is -0.378 e. The fourth-order valence-electron chi connectivity index (χ4n) is 4.14. The number of fused-ring (bicyclic) bond motifs is 3. The second kappa shape index (κ2) is 7.16. The van der Waals surface area contributed by atoms with E-state index >= 15 is 0 Å². The normalized spacial score (nSPS) is 15.0. The highest BCUT2D eigenvalue weighted by Gasteiger charge is 2.26. The first-order chi connectivity index (χ1) is 14.6. The fraction of sp³-hybridized carbons (Fsp3) is 0.217. The van der Waals surface area contributed by atoms with Gasteiger partial charge in [0.05, 0.1) is 35.3 Å². The molecule has 3 heterocycles. The van der Waals surface area contributed by atoms with E-state index in [1.807, 2.05) is 60.0 Å². The summed E-state index contributed by atoms with van der Waals surface area (Å²) in [5.41, 5.74) is 8.11. The Kier molecular flexibility index (Phi) is 4.32. The number of nitrogens with one attached hydrogen (secondary N) is 1. The molecule has 0 spiro atoms. The summed E-state index contributed by atoms with van der Waals surface area (Å²) in [6, 6.07) is 16.4. The molecule has 7 heteroatoms. The van der Waals surface area contributed by atoms with Gasteiger partial charge in [0, 0.05) is 36.6 Å². The van der Waals surface area contributed by atoms with Gasteiger partial charge in [0.2, 0.25) is 0 Å². The van der Waals surface area contributed by atoms with Gasteiger partial charge in [-0.25, -0.2) is 4.68 Å². The lowest BCUT2D eigenvalue weighted by Gasteiger charge is -2.21. The van der Waals surface area contributed by atoms with Gasteiger partial charge in [0.1, 0.15) is 0 Å². The molecule has 5 rings (SSSR count). The highest BCUT2D eigenvalue weighted by Crippen LogP contribution is 2.39. The summed E-state index contributed by atoms with van der Waals surface area (Å²) in [5.74, 6) is 0. The number of benzene rings is 2. The Morgan fingerprint density at radius 1 is 1.17 bits per heavy atom. The second-order valence-electron chi connectivity index (χ2n) is 7.63. The summed E-state index contributed by atoms with van der Waals surface area (Å²) in [6.07, 6.45) is 4.76. The number of nitriles is 1. The van der Waals surface area contributed by atoms with Crippen LogP contribution in [0.15, 0.2) is 54.9 Å². The van der Waals surface area contributed by atoms with E-state index < -0.39 is 0 Å². The van der Waals surface area contributed by atoms with Gasteiger partial charge in [-0.1, -0.05) is 23.4 Å². The highest BCUT2D eigenvalue weighted by molar-refractivity contribution is 5.74. The first-order valence-corrected chi connectivity index (χ1v) is 9.92. The fourth-order valence-corrected chi connectivity index (χ4v) is 4.14. The van der Waals surface area contributed by atoms with E-state index in [4.69, 9.17) is 0 Å². The Balaban J connectivity index is 1.63. The van der Waals surface area contributed by atoms with Crippen molar-refractivity contribution in [2.45, 2.75) is 25.9 Å². The lowest BCUT2D eigenvalue weighted by molar-refractivity contribution is 0.539. The van der Waals surface area contributed by atoms with Crippen molar-refractivity contribution in [2.75, 3.05) is 5.32 Å². The topological polar surface area (TPSA) is 84.3 Å². The van der Waals surface area contributed by atoms with E-state index in [-0.39, 0.29) is 6.04 Å². The van der Waals surface area contributed by atoms with Crippen LogP contribution in [0.3, 0.4) is 0 Å². The maximum atomic E-state index is 9.25. The Hall–Kier alpha value is -3.92. The first kappa shape index (κ1) is 18.1. The van der Waals surface area contributed by atoms with Crippen LogP contribution in [0.2, 0.25) is 0 Å². The van der Waals surface area contributed by atoms with Crippen LogP contribution in [0.5, 0.6) is 0 Å². The largest absolute Gasteiger partial charge is 0.378 e. The molecule has 30 heavy (non-hydrogen) atoms. The van der Waals surface area contributed by atoms with Crippen LogP contribution in [0.25, 0.3) is 22.4 Å². The molecule has 7 nitrogen and oxygen atoms in total. The third-order valence-corrected chi connectivity index (χ3v) is 5.59. The van der Waals surface area contributed by atoms with E-state index in [9.17, 15) is 5.26 Å². The van der Waals surface area contributed by atoms with Crippen LogP contribution in [0.4, 0.5) is 5.69 Å². The molecule has 4 aromatic rings. The van der Waals surface area contributed by atoms with Crippen molar-refractivity contribution in [1.29, 1.82) is 5.26 Å². The predicted octanol–water partition coefficient (Wildman–Crippen LogP) is 4.08. The Bertz CT molecular complexity index is 1270. The lowest BCUT2D eigenvalue weighted by Crippen LogP contribution is -2.13. The molecule has 2 aromatic carbocycles. The van der Waals surface area contributed by atoms with Crippen molar-refractivity contribution >= 4 is 5.69 Å². The van der Waals surface area contributed by atoms with Crippen LogP contribution in [0, 0.1) is 18.3 Å². The van der Waals surface area contributed by atoms with Gasteiger partial charge in [0.25, 0.3) is 0 Å². The summed E-state index contributed by atoms with van der Waals surface area (Å²) >= 11 is 0. The first-order valence-electron chi connectivity index (χ1n) is 9.92. The van der Waals surface area contributed by atoms with Crippen LogP contribution in [0.1, 0.15) is 29.3 Å². The molecule has 1 unspecified atom stereocenters. The Morgan fingerprint density at radius 3 is 2.87 bits per heavy atom. The van der Waals surface area contributed by atoms with Crippen molar-refractivity contribution in [3.63, 3.8) is 0 Å². The zero-order chi connectivity index (χ0) is 20.7. The van der Waals surface area contributed by atoms with Gasteiger partial charge >= 0.3 is 0 Å². The molecule has 0 fully saturated rings. The van der Waals surface area contributed by atoms with E-state index in [2.05, 4.69) is 45.0 Å². The molecule has 0 radical (unpaired) electrons. The molecular weight excluding hydrogens is 374 g/mol. The zero-order valence-electron chi connectivity index (χ0n) is 16.9. The van der Waals surface area contributed by atoms with E-state index in [0.717, 1.165) is 46.7 Å². The molecule has 148 valence electrons. The van der Waals surface area contributed by atoms with Crippen LogP contribution in [-0.2, 0) is 13.6 Å². The zero-order valence-corrected chi connectivity index (χ0v) is 16.9. The predicted molar refractivity (Wildman–Crippen MR) is 115 cm³/mol. The maximum absolute atomic E-state index is 9.25. The van der Waals surface area contributed by atoms with Crippen molar-refractivity contribution < 1.29 is 0 Å². The minimum absolute atomic E-state index is 0.0756. The SMILES string of the molecule is Cc1nnn2c1-c1ccc(-c3cnn(C)c3)cc1C(Nc1cccc(C#N)c1)CC2. The molecule has 0 bridgehead atoms. The van der Waals surface area contributed by atoms with Crippen molar-refractivity contribution in [1.82, 2.24) is 24.8 Å². The molecule has 1 aliphatic heterocycles. The molecule has 2 aromatic heterocycles. The van der Waals surface area contributed by atoms with Gasteiger partial charge < -0.3 is 5.32 Å². The Morgan fingerprint density at radius 2 is 2.07 bits per heavy atom. The average molecular weight is 395 g/mol. The molecular formula is C23H21N7. The number of hydrogen-bond acceptors (Lipinski definition) is 5. The number of nitrogens with zero attached hydrogens (tertiary/aromatic N) is 6. The molecule has 0 saturated heterocycles. The minimum atomic E-state index is 0.0756. The number of aromatic nitrogens is 5. The van der Waals surface area contributed by atoms with E-state index in [1.54, 1.807) is 0 Å². The highest BCUT2D eigenvalue weighted by atomic mass is 15.4. The lowest BCUT2D eigenvalue weighted by atomic mass is 9.93. The number of anilines is 1. The molecule has 1 N–H and O–H groups in total. The standard InChI is InChI=1S/C23H21N7/c1-15-23-20-7-6-17(18-13-25-29(2)14-18)11-21(20)22(8-9-30(23)28-27-15)26-19-5-3-4-16(10-19)12-24/h3-7,10-11,13-14,22,26H,8-9H2,1-2H3. The second-order valence-corrected chi connectivity index (χ2v) is 7.63. The average Bonchev–Trinajstić information content (AvgIpc) is 3.32. The summed E-state index contributed by atoms with van der Waals surface area (Å²) in [4.78, 5) is 0. The molecule has 0 saturated carbocycles. The van der Waals surface area contributed by atoms with Gasteiger partial charge in [-0.3, -0.25) is 4.68 Å². The molecule has 1 atom stereocenters. The van der Waals surface area contributed by atoms with Crippen molar-refractivity contribution in [2.24, 2.45) is 7.05 Å². The van der Waals surface area contributed by atoms with Crippen molar-refractivity contribution in [3.8, 4) is 28.5 Å². The maximum Gasteiger partial charge on any atom is 0.0992 e. The number of aryl methyl sites for hydroxylation is 3. The number of hydrogen-bond donors (Lipinski definition) is 1. The van der Waals surface area contributed by atoms with Crippen molar-refractivity contribution in [3.05, 3.63) is 71.7 Å². The summed E-state index contributed by atoms with van der Waals surface area (Å²) in [5, 5.41) is 25.9. The van der Waals surface area contributed by atoms with Crippen LogP contribution in [-0.4, -0.2) is 24.8 Å². The molecule has 0 aliphatic carbocycles. The third kappa shape index (κ3) is 3.12. The summed E-state index contributed by atoms with van der Waals surface area (Å²) < 4.78 is 3.80. The number of rotatable bonds is 3. The molecule has 0 amide bonds. The quantitative estimate of drug-likeness (QED) is 0.565. The monoisotopic (exact) mass is 395 g/mol. The third-order valence-electron chi connectivity index (χ3n) is 5.59. The van der Waals surface area contributed by atoms with Crippen LogP contribution < -0.4 is 5.32 Å². The van der Waals surface area contributed by atoms with Gasteiger partial charge in [-0.15, -0.1) is 5.10 Å². The van der Waals surface area contributed by atoms with Gasteiger partial charge in [-0.05, 0) is 48.7 Å².